The van der Waals surface area contributed by atoms with Crippen LogP contribution in [0.4, 0.5) is 0 Å². The number of ether oxygens (including phenoxy) is 1. The summed E-state index contributed by atoms with van der Waals surface area (Å²) in [6.45, 7) is 4.70. The molecule has 1 aliphatic heterocycles. The fourth-order valence-electron chi connectivity index (χ4n) is 4.53. The molecule has 0 radical (unpaired) electrons. The average molecular weight is 344 g/mol. The summed E-state index contributed by atoms with van der Waals surface area (Å²) in [7, 11) is 1.80. The zero-order valence-electron chi connectivity index (χ0n) is 14.4. The molecule has 2 aromatic carbocycles. The van der Waals surface area contributed by atoms with Crippen LogP contribution in [0, 0.1) is 5.92 Å². The topological polar surface area (TPSA) is 12.5 Å². The summed E-state index contributed by atoms with van der Waals surface area (Å²) in [6.07, 6.45) is 2.50. The van der Waals surface area contributed by atoms with Crippen LogP contribution >= 0.6 is 12.4 Å². The van der Waals surface area contributed by atoms with E-state index in [1.165, 1.54) is 36.1 Å². The van der Waals surface area contributed by atoms with E-state index in [1.54, 1.807) is 7.11 Å². The van der Waals surface area contributed by atoms with Crippen molar-refractivity contribution in [3.8, 4) is 5.75 Å². The predicted molar refractivity (Wildman–Crippen MR) is 101 cm³/mol. The molecule has 3 heteroatoms. The number of benzene rings is 2. The Hall–Kier alpha value is -1.51. The van der Waals surface area contributed by atoms with E-state index in [0.29, 0.717) is 12.0 Å². The van der Waals surface area contributed by atoms with Gasteiger partial charge >= 0.3 is 0 Å². The quantitative estimate of drug-likeness (QED) is 0.790. The van der Waals surface area contributed by atoms with E-state index in [4.69, 9.17) is 4.74 Å². The largest absolute Gasteiger partial charge is 0.496 e. The minimum Gasteiger partial charge on any atom is -0.496 e. The van der Waals surface area contributed by atoms with Crippen LogP contribution in [0.1, 0.15) is 42.0 Å². The molecule has 128 valence electrons. The third-order valence-electron chi connectivity index (χ3n) is 5.83. The van der Waals surface area contributed by atoms with E-state index in [1.807, 2.05) is 0 Å². The summed E-state index contributed by atoms with van der Waals surface area (Å²) in [5.74, 6) is 2.48. The number of halogens is 1. The number of hydrogen-bond acceptors (Lipinski definition) is 2. The molecule has 2 nitrogen and oxygen atoms in total. The number of aryl methyl sites for hydroxylation is 1. The van der Waals surface area contributed by atoms with Crippen LogP contribution in [0.25, 0.3) is 0 Å². The monoisotopic (exact) mass is 343 g/mol. The van der Waals surface area contributed by atoms with Crippen molar-refractivity contribution in [3.05, 3.63) is 65.2 Å². The standard InChI is InChI=1S/C21H25NO.ClH/c1-15(16-7-4-3-5-8-16)22-13-18-12-11-17-9-6-10-20(23-2)21(17)19(18)14-22;/h3-10,15,18-19H,11-14H2,1-2H3;1H/t15-,18+,19+;/m0./s1. The Morgan fingerprint density at radius 3 is 2.58 bits per heavy atom. The van der Waals surface area contributed by atoms with Crippen molar-refractivity contribution in [2.45, 2.75) is 31.7 Å². The minimum atomic E-state index is 0. The lowest BCUT2D eigenvalue weighted by Crippen LogP contribution is -2.24. The molecule has 0 aromatic heterocycles. The van der Waals surface area contributed by atoms with Gasteiger partial charge in [0.2, 0.25) is 0 Å². The lowest BCUT2D eigenvalue weighted by atomic mass is 9.76. The summed E-state index contributed by atoms with van der Waals surface area (Å²) in [4.78, 5) is 2.66. The lowest BCUT2D eigenvalue weighted by molar-refractivity contribution is 0.250. The Labute approximate surface area is 151 Å². The van der Waals surface area contributed by atoms with E-state index >= 15 is 0 Å². The molecule has 1 saturated heterocycles. The first-order valence-corrected chi connectivity index (χ1v) is 8.72. The molecule has 0 spiro atoms. The van der Waals surface area contributed by atoms with Crippen LogP contribution in [0.15, 0.2) is 48.5 Å². The molecule has 24 heavy (non-hydrogen) atoms. The lowest BCUT2D eigenvalue weighted by Gasteiger charge is -2.29. The Bertz CT molecular complexity index is 673. The molecular formula is C21H26ClNO. The summed E-state index contributed by atoms with van der Waals surface area (Å²) < 4.78 is 5.68. The Balaban J connectivity index is 0.00000169. The van der Waals surface area contributed by atoms with E-state index in [9.17, 15) is 0 Å². The van der Waals surface area contributed by atoms with Crippen molar-refractivity contribution < 1.29 is 4.74 Å². The second-order valence-electron chi connectivity index (χ2n) is 6.98. The summed E-state index contributed by atoms with van der Waals surface area (Å²) in [5, 5.41) is 0. The third-order valence-corrected chi connectivity index (χ3v) is 5.83. The van der Waals surface area contributed by atoms with Crippen LogP contribution in [0.2, 0.25) is 0 Å². The van der Waals surface area contributed by atoms with Gasteiger partial charge in [-0.3, -0.25) is 4.90 Å². The fourth-order valence-corrected chi connectivity index (χ4v) is 4.53. The van der Waals surface area contributed by atoms with E-state index in [-0.39, 0.29) is 12.4 Å². The fraction of sp³-hybridized carbons (Fsp3) is 0.429. The maximum atomic E-state index is 5.68. The first-order valence-electron chi connectivity index (χ1n) is 8.72. The van der Waals surface area contributed by atoms with Crippen molar-refractivity contribution >= 4 is 12.4 Å². The zero-order valence-corrected chi connectivity index (χ0v) is 15.3. The van der Waals surface area contributed by atoms with Gasteiger partial charge in [0, 0.05) is 30.6 Å². The molecule has 0 saturated carbocycles. The second-order valence-corrected chi connectivity index (χ2v) is 6.98. The highest BCUT2D eigenvalue weighted by atomic mass is 35.5. The predicted octanol–water partition coefficient (Wildman–Crippen LogP) is 4.84. The Morgan fingerprint density at radius 2 is 1.83 bits per heavy atom. The minimum absolute atomic E-state index is 0. The first kappa shape index (κ1) is 17.3. The van der Waals surface area contributed by atoms with Crippen molar-refractivity contribution in [1.82, 2.24) is 4.90 Å². The SMILES string of the molecule is COc1cccc2c1[C@@H]1CN([C@@H](C)c3ccccc3)C[C@H]1CC2.Cl. The number of nitrogens with zero attached hydrogens (tertiary/aromatic N) is 1. The molecule has 1 aliphatic carbocycles. The molecule has 0 bridgehead atoms. The number of likely N-dealkylation sites (tertiary alicyclic amines) is 1. The molecule has 2 aromatic rings. The van der Waals surface area contributed by atoms with Gasteiger partial charge in [-0.15, -0.1) is 12.4 Å². The van der Waals surface area contributed by atoms with Crippen molar-refractivity contribution in [3.63, 3.8) is 0 Å². The maximum Gasteiger partial charge on any atom is 0.122 e. The summed E-state index contributed by atoms with van der Waals surface area (Å²) in [5.41, 5.74) is 4.40. The molecule has 2 aliphatic rings. The van der Waals surface area contributed by atoms with Crippen LogP contribution in [0.5, 0.6) is 5.75 Å². The maximum absolute atomic E-state index is 5.68. The van der Waals surface area contributed by atoms with E-state index in [2.05, 4.69) is 60.4 Å². The van der Waals surface area contributed by atoms with Gasteiger partial charge in [-0.1, -0.05) is 42.5 Å². The normalized spacial score (nSPS) is 23.8. The van der Waals surface area contributed by atoms with Crippen molar-refractivity contribution in [2.75, 3.05) is 20.2 Å². The molecule has 3 atom stereocenters. The van der Waals surface area contributed by atoms with E-state index in [0.717, 1.165) is 18.2 Å². The molecule has 4 rings (SSSR count). The summed E-state index contributed by atoms with van der Waals surface area (Å²) in [6, 6.07) is 17.9. The number of methoxy groups -OCH3 is 1. The number of rotatable bonds is 3. The van der Waals surface area contributed by atoms with E-state index < -0.39 is 0 Å². The molecule has 0 unspecified atom stereocenters. The van der Waals surface area contributed by atoms with Crippen molar-refractivity contribution in [1.29, 1.82) is 0 Å². The molecule has 0 amide bonds. The van der Waals surface area contributed by atoms with Gasteiger partial charge in [0.05, 0.1) is 7.11 Å². The van der Waals surface area contributed by atoms with Gasteiger partial charge in [-0.05, 0) is 42.9 Å². The van der Waals surface area contributed by atoms with Gasteiger partial charge in [-0.2, -0.15) is 0 Å². The molecular weight excluding hydrogens is 318 g/mol. The van der Waals surface area contributed by atoms with Crippen LogP contribution in [0.3, 0.4) is 0 Å². The highest BCUT2D eigenvalue weighted by Crippen LogP contribution is 2.46. The van der Waals surface area contributed by atoms with Crippen LogP contribution in [-0.4, -0.2) is 25.1 Å². The Kier molecular flexibility index (Phi) is 5.17. The third kappa shape index (κ3) is 2.94. The number of hydrogen-bond donors (Lipinski definition) is 0. The van der Waals surface area contributed by atoms with Crippen LogP contribution in [-0.2, 0) is 6.42 Å². The Morgan fingerprint density at radius 1 is 1.04 bits per heavy atom. The smallest absolute Gasteiger partial charge is 0.122 e. The zero-order chi connectivity index (χ0) is 15.8. The average Bonchev–Trinajstić information content (AvgIpc) is 3.05. The second kappa shape index (κ2) is 7.16. The van der Waals surface area contributed by atoms with Gasteiger partial charge in [0.25, 0.3) is 0 Å². The number of fused-ring (bicyclic) bond motifs is 3. The van der Waals surface area contributed by atoms with Gasteiger partial charge in [0.1, 0.15) is 5.75 Å². The van der Waals surface area contributed by atoms with Crippen molar-refractivity contribution in [2.24, 2.45) is 5.92 Å². The van der Waals surface area contributed by atoms with Crippen LogP contribution < -0.4 is 4.74 Å². The highest BCUT2D eigenvalue weighted by Gasteiger charge is 2.40. The van der Waals surface area contributed by atoms with Gasteiger partial charge < -0.3 is 4.74 Å². The van der Waals surface area contributed by atoms with Gasteiger partial charge in [-0.25, -0.2) is 0 Å². The van der Waals surface area contributed by atoms with Gasteiger partial charge in [0.15, 0.2) is 0 Å². The first-order chi connectivity index (χ1) is 11.3. The highest BCUT2D eigenvalue weighted by molar-refractivity contribution is 5.85. The molecule has 1 heterocycles. The molecule has 0 N–H and O–H groups in total. The summed E-state index contributed by atoms with van der Waals surface area (Å²) >= 11 is 0. The molecule has 1 fully saturated rings.